The van der Waals surface area contributed by atoms with E-state index in [2.05, 4.69) is 15.5 Å². The SMILES string of the molecule is CCOc1ccc(-c2noc(CNc3ccc(C(C)=O)cc3)n2)cc1. The molecule has 0 spiro atoms. The van der Waals surface area contributed by atoms with E-state index in [-0.39, 0.29) is 5.78 Å². The molecule has 6 heteroatoms. The summed E-state index contributed by atoms with van der Waals surface area (Å²) in [6.45, 7) is 4.53. The fourth-order valence-electron chi connectivity index (χ4n) is 2.31. The Labute approximate surface area is 145 Å². The largest absolute Gasteiger partial charge is 0.494 e. The summed E-state index contributed by atoms with van der Waals surface area (Å²) in [5.41, 5.74) is 2.43. The molecule has 0 saturated heterocycles. The lowest BCUT2D eigenvalue weighted by Gasteiger charge is -2.03. The predicted octanol–water partition coefficient (Wildman–Crippen LogP) is 3.95. The normalized spacial score (nSPS) is 10.5. The third kappa shape index (κ3) is 4.23. The summed E-state index contributed by atoms with van der Waals surface area (Å²) in [4.78, 5) is 15.7. The van der Waals surface area contributed by atoms with Crippen LogP contribution in [-0.2, 0) is 6.54 Å². The molecule has 0 saturated carbocycles. The number of carbonyl (C=O) groups excluding carboxylic acids is 1. The summed E-state index contributed by atoms with van der Waals surface area (Å²) in [6, 6.07) is 14.8. The molecular weight excluding hydrogens is 318 g/mol. The van der Waals surface area contributed by atoms with Crippen LogP contribution in [0.5, 0.6) is 5.75 Å². The maximum Gasteiger partial charge on any atom is 0.246 e. The smallest absolute Gasteiger partial charge is 0.246 e. The highest BCUT2D eigenvalue weighted by Gasteiger charge is 2.09. The number of benzene rings is 2. The van der Waals surface area contributed by atoms with Gasteiger partial charge >= 0.3 is 0 Å². The minimum absolute atomic E-state index is 0.0449. The van der Waals surface area contributed by atoms with E-state index in [9.17, 15) is 4.79 Å². The number of ketones is 1. The number of carbonyl (C=O) groups is 1. The van der Waals surface area contributed by atoms with Crippen LogP contribution in [0.2, 0.25) is 0 Å². The Morgan fingerprint density at radius 3 is 2.48 bits per heavy atom. The molecule has 3 rings (SSSR count). The van der Waals surface area contributed by atoms with E-state index in [1.807, 2.05) is 43.3 Å². The van der Waals surface area contributed by atoms with Gasteiger partial charge in [0.25, 0.3) is 0 Å². The molecule has 0 fully saturated rings. The van der Waals surface area contributed by atoms with E-state index >= 15 is 0 Å². The van der Waals surface area contributed by atoms with Crippen molar-refractivity contribution in [2.24, 2.45) is 0 Å². The van der Waals surface area contributed by atoms with Crippen LogP contribution in [0, 0.1) is 0 Å². The van der Waals surface area contributed by atoms with Gasteiger partial charge in [-0.15, -0.1) is 0 Å². The topological polar surface area (TPSA) is 77.3 Å². The summed E-state index contributed by atoms with van der Waals surface area (Å²) in [6.07, 6.45) is 0. The highest BCUT2D eigenvalue weighted by Crippen LogP contribution is 2.20. The molecule has 25 heavy (non-hydrogen) atoms. The van der Waals surface area contributed by atoms with Gasteiger partial charge in [0.2, 0.25) is 11.7 Å². The van der Waals surface area contributed by atoms with Gasteiger partial charge in [-0.25, -0.2) is 0 Å². The zero-order valence-corrected chi connectivity index (χ0v) is 14.2. The monoisotopic (exact) mass is 337 g/mol. The Hall–Kier alpha value is -3.15. The molecule has 3 aromatic rings. The van der Waals surface area contributed by atoms with Crippen molar-refractivity contribution in [2.75, 3.05) is 11.9 Å². The van der Waals surface area contributed by atoms with E-state index in [4.69, 9.17) is 9.26 Å². The number of rotatable bonds is 7. The summed E-state index contributed by atoms with van der Waals surface area (Å²) in [7, 11) is 0. The van der Waals surface area contributed by atoms with Crippen molar-refractivity contribution < 1.29 is 14.1 Å². The van der Waals surface area contributed by atoms with Gasteiger partial charge in [0.15, 0.2) is 5.78 Å². The van der Waals surface area contributed by atoms with Crippen molar-refractivity contribution in [3.8, 4) is 17.1 Å². The minimum atomic E-state index is 0.0449. The highest BCUT2D eigenvalue weighted by atomic mass is 16.5. The van der Waals surface area contributed by atoms with Crippen LogP contribution in [0.15, 0.2) is 53.1 Å². The molecule has 1 aromatic heterocycles. The van der Waals surface area contributed by atoms with Gasteiger partial charge in [-0.2, -0.15) is 4.98 Å². The first kappa shape index (κ1) is 16.7. The average molecular weight is 337 g/mol. The number of hydrogen-bond acceptors (Lipinski definition) is 6. The lowest BCUT2D eigenvalue weighted by Crippen LogP contribution is -2.00. The molecule has 1 N–H and O–H groups in total. The molecule has 0 aliphatic heterocycles. The second-order valence-corrected chi connectivity index (χ2v) is 5.46. The zero-order valence-electron chi connectivity index (χ0n) is 14.2. The number of aromatic nitrogens is 2. The third-order valence-electron chi connectivity index (χ3n) is 3.63. The molecule has 0 aliphatic rings. The van der Waals surface area contributed by atoms with E-state index in [0.29, 0.717) is 30.4 Å². The maximum atomic E-state index is 11.3. The van der Waals surface area contributed by atoms with Gasteiger partial charge in [-0.3, -0.25) is 4.79 Å². The molecule has 0 bridgehead atoms. The first-order valence-electron chi connectivity index (χ1n) is 8.06. The molecule has 128 valence electrons. The molecule has 0 unspecified atom stereocenters. The molecule has 0 amide bonds. The van der Waals surface area contributed by atoms with E-state index in [0.717, 1.165) is 17.0 Å². The Bertz CT molecular complexity index is 839. The zero-order chi connectivity index (χ0) is 17.6. The van der Waals surface area contributed by atoms with Crippen molar-refractivity contribution in [2.45, 2.75) is 20.4 Å². The van der Waals surface area contributed by atoms with Crippen LogP contribution in [0.25, 0.3) is 11.4 Å². The van der Waals surface area contributed by atoms with Crippen LogP contribution in [0.4, 0.5) is 5.69 Å². The van der Waals surface area contributed by atoms with Gasteiger partial charge in [0, 0.05) is 16.8 Å². The van der Waals surface area contributed by atoms with Crippen LogP contribution < -0.4 is 10.1 Å². The van der Waals surface area contributed by atoms with Crippen molar-refractivity contribution in [1.82, 2.24) is 10.1 Å². The molecule has 0 aliphatic carbocycles. The number of anilines is 1. The van der Waals surface area contributed by atoms with Gasteiger partial charge in [-0.05, 0) is 62.4 Å². The van der Waals surface area contributed by atoms with E-state index < -0.39 is 0 Å². The second-order valence-electron chi connectivity index (χ2n) is 5.46. The Balaban J connectivity index is 1.62. The Morgan fingerprint density at radius 2 is 1.84 bits per heavy atom. The highest BCUT2D eigenvalue weighted by molar-refractivity contribution is 5.94. The lowest BCUT2D eigenvalue weighted by atomic mass is 10.1. The van der Waals surface area contributed by atoms with Gasteiger partial charge in [-0.1, -0.05) is 5.16 Å². The van der Waals surface area contributed by atoms with Crippen molar-refractivity contribution >= 4 is 11.5 Å². The third-order valence-corrected chi connectivity index (χ3v) is 3.63. The van der Waals surface area contributed by atoms with Crippen LogP contribution in [0.1, 0.15) is 30.1 Å². The number of nitrogens with zero attached hydrogens (tertiary/aromatic N) is 2. The van der Waals surface area contributed by atoms with E-state index in [1.165, 1.54) is 0 Å². The fraction of sp³-hybridized carbons (Fsp3) is 0.211. The summed E-state index contributed by atoms with van der Waals surface area (Å²) in [5.74, 6) is 1.88. The Kier molecular flexibility index (Phi) is 5.09. The first-order valence-corrected chi connectivity index (χ1v) is 8.06. The number of ether oxygens (including phenoxy) is 1. The average Bonchev–Trinajstić information content (AvgIpc) is 3.10. The molecule has 0 radical (unpaired) electrons. The number of nitrogens with one attached hydrogen (secondary N) is 1. The molecular formula is C19H19N3O3. The minimum Gasteiger partial charge on any atom is -0.494 e. The van der Waals surface area contributed by atoms with Crippen molar-refractivity contribution in [3.05, 3.63) is 60.0 Å². The summed E-state index contributed by atoms with van der Waals surface area (Å²) < 4.78 is 10.7. The number of Topliss-reactive ketones (excluding diaryl/α,β-unsaturated/α-hetero) is 1. The molecule has 0 atom stereocenters. The van der Waals surface area contributed by atoms with Crippen molar-refractivity contribution in [1.29, 1.82) is 0 Å². The summed E-state index contributed by atoms with van der Waals surface area (Å²) in [5, 5.41) is 7.19. The van der Waals surface area contributed by atoms with Gasteiger partial charge in [0.05, 0.1) is 13.2 Å². The van der Waals surface area contributed by atoms with Gasteiger partial charge < -0.3 is 14.6 Å². The van der Waals surface area contributed by atoms with Crippen LogP contribution in [0.3, 0.4) is 0 Å². The van der Waals surface area contributed by atoms with Crippen LogP contribution in [-0.4, -0.2) is 22.5 Å². The standard InChI is InChI=1S/C19H19N3O3/c1-3-24-17-10-6-15(7-11-17)19-21-18(25-22-19)12-20-16-8-4-14(5-9-16)13(2)23/h4-11,20H,3,12H2,1-2H3. The Morgan fingerprint density at radius 1 is 1.12 bits per heavy atom. The maximum absolute atomic E-state index is 11.3. The fourth-order valence-corrected chi connectivity index (χ4v) is 2.31. The quantitative estimate of drug-likeness (QED) is 0.658. The first-order chi connectivity index (χ1) is 12.2. The second kappa shape index (κ2) is 7.61. The van der Waals surface area contributed by atoms with Crippen LogP contribution >= 0.6 is 0 Å². The number of hydrogen-bond donors (Lipinski definition) is 1. The molecule has 6 nitrogen and oxygen atoms in total. The van der Waals surface area contributed by atoms with E-state index in [1.54, 1.807) is 19.1 Å². The summed E-state index contributed by atoms with van der Waals surface area (Å²) >= 11 is 0. The molecule has 1 heterocycles. The van der Waals surface area contributed by atoms with Gasteiger partial charge in [0.1, 0.15) is 5.75 Å². The molecule has 2 aromatic carbocycles. The lowest BCUT2D eigenvalue weighted by molar-refractivity contribution is 0.101. The predicted molar refractivity (Wildman–Crippen MR) is 94.7 cm³/mol. The van der Waals surface area contributed by atoms with Crippen molar-refractivity contribution in [3.63, 3.8) is 0 Å².